The molecule has 0 spiro atoms. The molecule has 18 heavy (non-hydrogen) atoms. The van der Waals surface area contributed by atoms with Crippen LogP contribution in [0.2, 0.25) is 0 Å². The average Bonchev–Trinajstić information content (AvgIpc) is 2.35. The van der Waals surface area contributed by atoms with Crippen LogP contribution in [0.5, 0.6) is 5.75 Å². The van der Waals surface area contributed by atoms with Gasteiger partial charge in [-0.2, -0.15) is 0 Å². The molecular formula is C13H17NO4. The third kappa shape index (κ3) is 3.76. The predicted octanol–water partition coefficient (Wildman–Crippen LogP) is 1.13. The van der Waals surface area contributed by atoms with Crippen molar-refractivity contribution in [3.05, 3.63) is 29.8 Å². The lowest BCUT2D eigenvalue weighted by Gasteiger charge is -2.14. The number of esters is 1. The van der Waals surface area contributed by atoms with E-state index in [9.17, 15) is 9.59 Å². The molecule has 0 fully saturated rings. The quantitative estimate of drug-likeness (QED) is 0.814. The van der Waals surface area contributed by atoms with Crippen LogP contribution in [0.3, 0.4) is 0 Å². The highest BCUT2D eigenvalue weighted by Crippen LogP contribution is 2.19. The zero-order valence-corrected chi connectivity index (χ0v) is 10.7. The minimum absolute atomic E-state index is 0.141. The maximum atomic E-state index is 11.7. The van der Waals surface area contributed by atoms with Crippen molar-refractivity contribution in [3.63, 3.8) is 0 Å². The molecule has 0 unspecified atom stereocenters. The van der Waals surface area contributed by atoms with Crippen LogP contribution in [0.1, 0.15) is 18.4 Å². The number of amides is 1. The predicted molar refractivity (Wildman–Crippen MR) is 66.2 cm³/mol. The van der Waals surface area contributed by atoms with Crippen LogP contribution in [-0.4, -0.2) is 42.6 Å². The summed E-state index contributed by atoms with van der Waals surface area (Å²) in [5, 5.41) is 9.15. The largest absolute Gasteiger partial charge is 0.508 e. The van der Waals surface area contributed by atoms with Gasteiger partial charge in [-0.05, 0) is 24.6 Å². The normalized spacial score (nSPS) is 11.7. The highest BCUT2D eigenvalue weighted by Gasteiger charge is 2.18. The summed E-state index contributed by atoms with van der Waals surface area (Å²) in [6.07, 6.45) is 0. The molecule has 1 atom stereocenters. The van der Waals surface area contributed by atoms with Crippen molar-refractivity contribution in [2.24, 2.45) is 0 Å². The Hall–Kier alpha value is -2.04. The first-order valence-corrected chi connectivity index (χ1v) is 5.57. The standard InChI is InChI=1S/C13H17NO4/c1-9(10-4-6-11(15)7-5-10)13(17)18-8-12(16)14(2)3/h4-7,9,15H,8H2,1-3H3/t9-/m1/s1. The number of hydrogen-bond acceptors (Lipinski definition) is 4. The van der Waals surface area contributed by atoms with E-state index in [1.807, 2.05) is 0 Å². The number of ether oxygens (including phenoxy) is 1. The molecule has 0 heterocycles. The van der Waals surface area contributed by atoms with Crippen molar-refractivity contribution in [1.29, 1.82) is 0 Å². The lowest BCUT2D eigenvalue weighted by atomic mass is 10.0. The number of hydrogen-bond donors (Lipinski definition) is 1. The number of benzene rings is 1. The summed E-state index contributed by atoms with van der Waals surface area (Å²) in [6.45, 7) is 1.43. The molecule has 1 aromatic carbocycles. The van der Waals surface area contributed by atoms with E-state index in [1.54, 1.807) is 33.2 Å². The molecule has 1 N–H and O–H groups in total. The second-order valence-electron chi connectivity index (χ2n) is 4.21. The molecule has 0 saturated heterocycles. The molecule has 0 aliphatic carbocycles. The summed E-state index contributed by atoms with van der Waals surface area (Å²) in [5.74, 6) is -1.06. The van der Waals surface area contributed by atoms with E-state index in [4.69, 9.17) is 9.84 Å². The zero-order chi connectivity index (χ0) is 13.7. The van der Waals surface area contributed by atoms with Gasteiger partial charge in [0.05, 0.1) is 5.92 Å². The first kappa shape index (κ1) is 14.0. The van der Waals surface area contributed by atoms with Gasteiger partial charge in [0.1, 0.15) is 5.75 Å². The molecule has 5 nitrogen and oxygen atoms in total. The summed E-state index contributed by atoms with van der Waals surface area (Å²) < 4.78 is 4.92. The maximum absolute atomic E-state index is 11.7. The molecule has 0 aliphatic rings. The van der Waals surface area contributed by atoms with Gasteiger partial charge in [0, 0.05) is 14.1 Å². The van der Waals surface area contributed by atoms with Gasteiger partial charge >= 0.3 is 5.97 Å². The molecular weight excluding hydrogens is 234 g/mol. The van der Waals surface area contributed by atoms with E-state index in [-0.39, 0.29) is 18.3 Å². The first-order chi connectivity index (χ1) is 8.41. The molecule has 1 aromatic rings. The van der Waals surface area contributed by atoms with E-state index in [0.717, 1.165) is 5.56 Å². The van der Waals surface area contributed by atoms with Gasteiger partial charge in [0.25, 0.3) is 5.91 Å². The summed E-state index contributed by atoms with van der Waals surface area (Å²) in [4.78, 5) is 24.3. The zero-order valence-electron chi connectivity index (χ0n) is 10.7. The smallest absolute Gasteiger partial charge is 0.313 e. The molecule has 0 aromatic heterocycles. The molecule has 0 saturated carbocycles. The van der Waals surface area contributed by atoms with E-state index >= 15 is 0 Å². The third-order valence-corrected chi connectivity index (χ3v) is 2.58. The Morgan fingerprint density at radius 3 is 2.33 bits per heavy atom. The van der Waals surface area contributed by atoms with Crippen LogP contribution >= 0.6 is 0 Å². The fourth-order valence-corrected chi connectivity index (χ4v) is 1.29. The van der Waals surface area contributed by atoms with Gasteiger partial charge in [-0.15, -0.1) is 0 Å². The monoisotopic (exact) mass is 251 g/mol. The Kier molecular flexibility index (Phi) is 4.71. The van der Waals surface area contributed by atoms with E-state index in [0.29, 0.717) is 0 Å². The highest BCUT2D eigenvalue weighted by atomic mass is 16.5. The van der Waals surface area contributed by atoms with Crippen molar-refractivity contribution in [2.45, 2.75) is 12.8 Å². The van der Waals surface area contributed by atoms with Crippen molar-refractivity contribution in [3.8, 4) is 5.75 Å². The Bertz CT molecular complexity index is 425. The van der Waals surface area contributed by atoms with Gasteiger partial charge in [-0.25, -0.2) is 0 Å². The van der Waals surface area contributed by atoms with Crippen molar-refractivity contribution in [2.75, 3.05) is 20.7 Å². The highest BCUT2D eigenvalue weighted by molar-refractivity contribution is 5.83. The second-order valence-corrected chi connectivity index (χ2v) is 4.21. The third-order valence-electron chi connectivity index (χ3n) is 2.58. The van der Waals surface area contributed by atoms with E-state index in [1.165, 1.54) is 17.0 Å². The number of nitrogens with zero attached hydrogens (tertiary/aromatic N) is 1. The fourth-order valence-electron chi connectivity index (χ4n) is 1.29. The second kappa shape index (κ2) is 6.05. The van der Waals surface area contributed by atoms with Crippen LogP contribution in [0.4, 0.5) is 0 Å². The van der Waals surface area contributed by atoms with Gasteiger partial charge in [0.2, 0.25) is 0 Å². The summed E-state index contributed by atoms with van der Waals surface area (Å²) >= 11 is 0. The Morgan fingerprint density at radius 1 is 1.28 bits per heavy atom. The number of carbonyl (C=O) groups excluding carboxylic acids is 2. The van der Waals surface area contributed by atoms with Crippen LogP contribution in [0.25, 0.3) is 0 Å². The SMILES string of the molecule is C[C@@H](C(=O)OCC(=O)N(C)C)c1ccc(O)cc1. The van der Waals surface area contributed by atoms with Gasteiger partial charge < -0.3 is 14.7 Å². The number of aromatic hydroxyl groups is 1. The molecule has 0 aliphatic heterocycles. The summed E-state index contributed by atoms with van der Waals surface area (Å²) in [7, 11) is 3.19. The van der Waals surface area contributed by atoms with Crippen LogP contribution in [-0.2, 0) is 14.3 Å². The molecule has 98 valence electrons. The lowest BCUT2D eigenvalue weighted by molar-refractivity contribution is -0.152. The number of phenolic OH excluding ortho intramolecular Hbond substituents is 1. The van der Waals surface area contributed by atoms with Crippen molar-refractivity contribution >= 4 is 11.9 Å². The molecule has 0 radical (unpaired) electrons. The Balaban J connectivity index is 2.56. The average molecular weight is 251 g/mol. The van der Waals surface area contributed by atoms with Gasteiger partial charge in [-0.3, -0.25) is 9.59 Å². The first-order valence-electron chi connectivity index (χ1n) is 5.57. The van der Waals surface area contributed by atoms with E-state index in [2.05, 4.69) is 0 Å². The van der Waals surface area contributed by atoms with Crippen LogP contribution < -0.4 is 0 Å². The molecule has 5 heteroatoms. The van der Waals surface area contributed by atoms with Gasteiger partial charge in [0.15, 0.2) is 6.61 Å². The Morgan fingerprint density at radius 2 is 1.83 bits per heavy atom. The van der Waals surface area contributed by atoms with E-state index < -0.39 is 11.9 Å². The number of rotatable bonds is 4. The summed E-state index contributed by atoms with van der Waals surface area (Å²) in [5.41, 5.74) is 0.732. The summed E-state index contributed by atoms with van der Waals surface area (Å²) in [6, 6.07) is 6.30. The van der Waals surface area contributed by atoms with Crippen LogP contribution in [0.15, 0.2) is 24.3 Å². The molecule has 1 rings (SSSR count). The van der Waals surface area contributed by atoms with Crippen molar-refractivity contribution < 1.29 is 19.4 Å². The maximum Gasteiger partial charge on any atom is 0.313 e. The van der Waals surface area contributed by atoms with Crippen molar-refractivity contribution in [1.82, 2.24) is 4.90 Å². The minimum atomic E-state index is -0.472. The minimum Gasteiger partial charge on any atom is -0.508 e. The van der Waals surface area contributed by atoms with Gasteiger partial charge in [-0.1, -0.05) is 12.1 Å². The topological polar surface area (TPSA) is 66.8 Å². The van der Waals surface area contributed by atoms with Crippen LogP contribution in [0, 0.1) is 0 Å². The Labute approximate surface area is 106 Å². The number of likely N-dealkylation sites (N-methyl/N-ethyl adjacent to an activating group) is 1. The molecule has 1 amide bonds. The molecule has 0 bridgehead atoms. The number of phenols is 1. The number of carbonyl (C=O) groups is 2. The fraction of sp³-hybridized carbons (Fsp3) is 0.385. The lowest BCUT2D eigenvalue weighted by Crippen LogP contribution is -2.28.